The van der Waals surface area contributed by atoms with Crippen LogP contribution in [0.1, 0.15) is 26.3 Å². The molecular formula is C11H16FN3. The molecule has 0 saturated carbocycles. The number of hydrogen-bond acceptors (Lipinski definition) is 2. The SMILES string of the molecule is CC(C)(C)Nc1ccc(C(=N)N)cc1F. The second-order valence-electron chi connectivity index (χ2n) is 4.48. The topological polar surface area (TPSA) is 61.9 Å². The van der Waals surface area contributed by atoms with Gasteiger partial charge in [0.15, 0.2) is 0 Å². The zero-order valence-corrected chi connectivity index (χ0v) is 9.19. The number of anilines is 1. The average molecular weight is 209 g/mol. The number of nitrogen functional groups attached to an aromatic ring is 1. The van der Waals surface area contributed by atoms with Crippen molar-refractivity contribution in [3.63, 3.8) is 0 Å². The fourth-order valence-electron chi connectivity index (χ4n) is 1.19. The van der Waals surface area contributed by atoms with Crippen molar-refractivity contribution in [2.45, 2.75) is 26.3 Å². The molecule has 0 unspecified atom stereocenters. The molecule has 15 heavy (non-hydrogen) atoms. The lowest BCUT2D eigenvalue weighted by atomic mass is 10.1. The molecule has 0 spiro atoms. The third-order valence-corrected chi connectivity index (χ3v) is 1.79. The Bertz CT molecular complexity index is 380. The average Bonchev–Trinajstić information content (AvgIpc) is 2.05. The summed E-state index contributed by atoms with van der Waals surface area (Å²) in [5.41, 5.74) is 5.88. The summed E-state index contributed by atoms with van der Waals surface area (Å²) in [6, 6.07) is 4.48. The number of hydrogen-bond donors (Lipinski definition) is 3. The van der Waals surface area contributed by atoms with Gasteiger partial charge in [-0.25, -0.2) is 4.39 Å². The maximum absolute atomic E-state index is 13.5. The molecule has 0 saturated heterocycles. The summed E-state index contributed by atoms with van der Waals surface area (Å²) < 4.78 is 13.5. The van der Waals surface area contributed by atoms with Crippen molar-refractivity contribution >= 4 is 11.5 Å². The molecule has 4 heteroatoms. The summed E-state index contributed by atoms with van der Waals surface area (Å²) in [6.07, 6.45) is 0. The van der Waals surface area contributed by atoms with Crippen LogP contribution in [-0.2, 0) is 0 Å². The Kier molecular flexibility index (Phi) is 2.98. The highest BCUT2D eigenvalue weighted by Gasteiger charge is 2.12. The molecule has 0 fully saturated rings. The maximum atomic E-state index is 13.5. The Morgan fingerprint density at radius 2 is 2.00 bits per heavy atom. The molecule has 0 aromatic heterocycles. The van der Waals surface area contributed by atoms with Crippen LogP contribution >= 0.6 is 0 Å². The van der Waals surface area contributed by atoms with Gasteiger partial charge in [0.05, 0.1) is 5.69 Å². The minimum absolute atomic E-state index is 0.129. The van der Waals surface area contributed by atoms with Crippen molar-refractivity contribution in [3.05, 3.63) is 29.6 Å². The molecule has 1 rings (SSSR count). The van der Waals surface area contributed by atoms with Gasteiger partial charge < -0.3 is 11.1 Å². The zero-order chi connectivity index (χ0) is 11.6. The molecular weight excluding hydrogens is 193 g/mol. The standard InChI is InChI=1S/C11H16FN3/c1-11(2,3)15-9-5-4-7(10(13)14)6-8(9)12/h4-6,15H,1-3H3,(H3,13,14). The summed E-state index contributed by atoms with van der Waals surface area (Å²) in [5.74, 6) is -0.520. The molecule has 1 aromatic rings. The number of nitrogens with one attached hydrogen (secondary N) is 2. The van der Waals surface area contributed by atoms with Gasteiger partial charge in [-0.15, -0.1) is 0 Å². The van der Waals surface area contributed by atoms with E-state index in [1.165, 1.54) is 6.07 Å². The van der Waals surface area contributed by atoms with E-state index in [4.69, 9.17) is 11.1 Å². The van der Waals surface area contributed by atoms with Gasteiger partial charge in [-0.1, -0.05) is 0 Å². The Hall–Kier alpha value is -1.58. The molecule has 0 aliphatic carbocycles. The van der Waals surface area contributed by atoms with Crippen molar-refractivity contribution in [1.29, 1.82) is 5.41 Å². The molecule has 82 valence electrons. The molecule has 0 bridgehead atoms. The van der Waals surface area contributed by atoms with Gasteiger partial charge in [-0.2, -0.15) is 0 Å². The molecule has 0 aliphatic heterocycles. The molecule has 1 aromatic carbocycles. The van der Waals surface area contributed by atoms with Crippen molar-refractivity contribution in [3.8, 4) is 0 Å². The van der Waals surface area contributed by atoms with Crippen LogP contribution in [-0.4, -0.2) is 11.4 Å². The highest BCUT2D eigenvalue weighted by atomic mass is 19.1. The fraction of sp³-hybridized carbons (Fsp3) is 0.364. The monoisotopic (exact) mass is 209 g/mol. The van der Waals surface area contributed by atoms with Gasteiger partial charge >= 0.3 is 0 Å². The Morgan fingerprint density at radius 3 is 2.40 bits per heavy atom. The summed E-state index contributed by atoms with van der Waals surface area (Å²) in [7, 11) is 0. The van der Waals surface area contributed by atoms with Crippen LogP contribution in [0, 0.1) is 11.2 Å². The molecule has 3 nitrogen and oxygen atoms in total. The van der Waals surface area contributed by atoms with Crippen molar-refractivity contribution in [1.82, 2.24) is 0 Å². The normalized spacial score (nSPS) is 11.2. The number of rotatable bonds is 2. The van der Waals surface area contributed by atoms with E-state index in [0.29, 0.717) is 11.3 Å². The van der Waals surface area contributed by atoms with E-state index in [1.54, 1.807) is 12.1 Å². The first kappa shape index (κ1) is 11.5. The van der Waals surface area contributed by atoms with Crippen LogP contribution in [0.3, 0.4) is 0 Å². The highest BCUT2D eigenvalue weighted by Crippen LogP contribution is 2.19. The zero-order valence-electron chi connectivity index (χ0n) is 9.19. The van der Waals surface area contributed by atoms with E-state index in [1.807, 2.05) is 20.8 Å². The van der Waals surface area contributed by atoms with E-state index in [2.05, 4.69) is 5.32 Å². The van der Waals surface area contributed by atoms with Gasteiger partial charge in [-0.3, -0.25) is 5.41 Å². The predicted molar refractivity (Wildman–Crippen MR) is 60.8 cm³/mol. The quantitative estimate of drug-likeness (QED) is 0.517. The van der Waals surface area contributed by atoms with Gasteiger partial charge in [-0.05, 0) is 39.0 Å². The van der Waals surface area contributed by atoms with Gasteiger partial charge in [0.25, 0.3) is 0 Å². The third-order valence-electron chi connectivity index (χ3n) is 1.79. The number of nitrogens with two attached hydrogens (primary N) is 1. The van der Waals surface area contributed by atoms with Crippen LogP contribution in [0.2, 0.25) is 0 Å². The summed E-state index contributed by atoms with van der Waals surface area (Å²) >= 11 is 0. The highest BCUT2D eigenvalue weighted by molar-refractivity contribution is 5.95. The lowest BCUT2D eigenvalue weighted by Crippen LogP contribution is -2.26. The summed E-state index contributed by atoms with van der Waals surface area (Å²) in [5, 5.41) is 10.2. The maximum Gasteiger partial charge on any atom is 0.147 e. The van der Waals surface area contributed by atoms with Gasteiger partial charge in [0.2, 0.25) is 0 Å². The van der Waals surface area contributed by atoms with Crippen molar-refractivity contribution in [2.75, 3.05) is 5.32 Å². The van der Waals surface area contributed by atoms with E-state index in [0.717, 1.165) is 0 Å². The Balaban J connectivity index is 2.99. The van der Waals surface area contributed by atoms with E-state index < -0.39 is 5.82 Å². The van der Waals surface area contributed by atoms with Crippen molar-refractivity contribution in [2.24, 2.45) is 5.73 Å². The first-order valence-electron chi connectivity index (χ1n) is 4.72. The molecule has 4 N–H and O–H groups in total. The molecule has 0 radical (unpaired) electrons. The van der Waals surface area contributed by atoms with Gasteiger partial charge in [0, 0.05) is 11.1 Å². The summed E-state index contributed by atoms with van der Waals surface area (Å²) in [4.78, 5) is 0. The minimum Gasteiger partial charge on any atom is -0.384 e. The molecule has 0 heterocycles. The van der Waals surface area contributed by atoms with Crippen LogP contribution in [0.5, 0.6) is 0 Å². The lowest BCUT2D eigenvalue weighted by Gasteiger charge is -2.22. The van der Waals surface area contributed by atoms with Crippen LogP contribution < -0.4 is 11.1 Å². The minimum atomic E-state index is -0.391. The fourth-order valence-corrected chi connectivity index (χ4v) is 1.19. The predicted octanol–water partition coefficient (Wildman–Crippen LogP) is 2.32. The van der Waals surface area contributed by atoms with Crippen molar-refractivity contribution < 1.29 is 4.39 Å². The molecule has 0 aliphatic rings. The van der Waals surface area contributed by atoms with Crippen LogP contribution in [0.25, 0.3) is 0 Å². The third kappa shape index (κ3) is 3.23. The Morgan fingerprint density at radius 1 is 1.40 bits per heavy atom. The van der Waals surface area contributed by atoms with Crippen LogP contribution in [0.15, 0.2) is 18.2 Å². The first-order chi connectivity index (χ1) is 6.79. The number of amidine groups is 1. The second kappa shape index (κ2) is 3.88. The number of benzene rings is 1. The number of halogens is 1. The Labute approximate surface area is 89.0 Å². The first-order valence-corrected chi connectivity index (χ1v) is 4.72. The summed E-state index contributed by atoms with van der Waals surface area (Å²) in [6.45, 7) is 5.85. The van der Waals surface area contributed by atoms with Gasteiger partial charge in [0.1, 0.15) is 11.7 Å². The van der Waals surface area contributed by atoms with E-state index in [9.17, 15) is 4.39 Å². The molecule has 0 atom stereocenters. The second-order valence-corrected chi connectivity index (χ2v) is 4.48. The molecule has 0 amide bonds. The van der Waals surface area contributed by atoms with E-state index >= 15 is 0 Å². The largest absolute Gasteiger partial charge is 0.384 e. The lowest BCUT2D eigenvalue weighted by molar-refractivity contribution is 0.598. The van der Waals surface area contributed by atoms with E-state index in [-0.39, 0.29) is 11.4 Å². The van der Waals surface area contributed by atoms with Crippen LogP contribution in [0.4, 0.5) is 10.1 Å². The smallest absolute Gasteiger partial charge is 0.147 e.